The zero-order valence-corrected chi connectivity index (χ0v) is 6.99. The van der Waals surface area contributed by atoms with Crippen molar-refractivity contribution in [3.8, 4) is 0 Å². The van der Waals surface area contributed by atoms with E-state index in [-0.39, 0.29) is 6.05 Å². The van der Waals surface area contributed by atoms with Crippen molar-refractivity contribution < 1.29 is 7.85 Å². The summed E-state index contributed by atoms with van der Waals surface area (Å²) in [6.45, 7) is 0. The first-order valence-corrected chi connectivity index (χ1v) is 3.94. The molecule has 0 bridgehead atoms. The van der Waals surface area contributed by atoms with Crippen LogP contribution in [-0.4, -0.2) is 5.11 Å². The Labute approximate surface area is 79.5 Å². The molecule has 1 aliphatic carbocycles. The second-order valence-corrected chi connectivity index (χ2v) is 3.13. The van der Waals surface area contributed by atoms with Gasteiger partial charge in [-0.05, 0) is 17.7 Å². The third-order valence-corrected chi connectivity index (χ3v) is 2.05. The van der Waals surface area contributed by atoms with Crippen LogP contribution >= 0.6 is 0 Å². The molecule has 3 nitrogen and oxygen atoms in total. The van der Waals surface area contributed by atoms with Gasteiger partial charge in [0.25, 0.3) is 0 Å². The van der Waals surface area contributed by atoms with Gasteiger partial charge in [-0.25, -0.2) is 0 Å². The minimum Gasteiger partial charge on any atom is -0.399 e. The molecular formula is C10H12N2O. The summed E-state index contributed by atoms with van der Waals surface area (Å²) in [5.41, 5.74) is 11.0. The number of aliphatic hydroxyl groups is 1. The van der Waals surface area contributed by atoms with Gasteiger partial charge in [0.2, 0.25) is 0 Å². The SMILES string of the molecule is [2H]C1=Cc2cc(N)ccc2C(N)(O)C1[2H]. The van der Waals surface area contributed by atoms with Crippen LogP contribution in [0.15, 0.2) is 24.3 Å². The van der Waals surface area contributed by atoms with Crippen LogP contribution < -0.4 is 11.5 Å². The number of anilines is 1. The molecule has 0 fully saturated rings. The molecule has 1 aromatic rings. The smallest absolute Gasteiger partial charge is 0.143 e. The molecule has 2 rings (SSSR count). The van der Waals surface area contributed by atoms with Crippen LogP contribution in [0.4, 0.5) is 5.69 Å². The molecule has 68 valence electrons. The Balaban J connectivity index is 2.67. The summed E-state index contributed by atoms with van der Waals surface area (Å²) in [5.74, 6) is 0. The van der Waals surface area contributed by atoms with E-state index in [0.717, 1.165) is 0 Å². The first-order valence-electron chi connectivity index (χ1n) is 5.02. The van der Waals surface area contributed by atoms with Crippen LogP contribution in [0.2, 0.25) is 0 Å². The lowest BCUT2D eigenvalue weighted by Gasteiger charge is -2.27. The Morgan fingerprint density at radius 1 is 1.62 bits per heavy atom. The number of hydrogen-bond donors (Lipinski definition) is 3. The van der Waals surface area contributed by atoms with Crippen molar-refractivity contribution in [3.05, 3.63) is 35.4 Å². The van der Waals surface area contributed by atoms with E-state index in [1.165, 1.54) is 6.08 Å². The predicted molar refractivity (Wildman–Crippen MR) is 52.6 cm³/mol. The average Bonchev–Trinajstić information content (AvgIpc) is 2.14. The molecule has 0 aliphatic heterocycles. The lowest BCUT2D eigenvalue weighted by atomic mass is 9.90. The van der Waals surface area contributed by atoms with Gasteiger partial charge in [0.05, 0.1) is 1.37 Å². The maximum Gasteiger partial charge on any atom is 0.143 e. The lowest BCUT2D eigenvalue weighted by molar-refractivity contribution is 0.0455. The molecule has 5 N–H and O–H groups in total. The molecule has 2 unspecified atom stereocenters. The van der Waals surface area contributed by atoms with Crippen LogP contribution in [-0.2, 0) is 5.72 Å². The largest absolute Gasteiger partial charge is 0.399 e. The molecule has 2 atom stereocenters. The van der Waals surface area contributed by atoms with E-state index < -0.39 is 12.1 Å². The molecule has 0 amide bonds. The van der Waals surface area contributed by atoms with Gasteiger partial charge in [-0.1, -0.05) is 18.2 Å². The minimum absolute atomic E-state index is 0.0156. The Morgan fingerprint density at radius 3 is 3.15 bits per heavy atom. The highest BCUT2D eigenvalue weighted by molar-refractivity contribution is 5.63. The van der Waals surface area contributed by atoms with Crippen LogP contribution in [0.3, 0.4) is 0 Å². The first kappa shape index (κ1) is 6.18. The van der Waals surface area contributed by atoms with Crippen LogP contribution in [0.25, 0.3) is 6.08 Å². The van der Waals surface area contributed by atoms with E-state index in [2.05, 4.69) is 0 Å². The van der Waals surface area contributed by atoms with E-state index in [1.807, 2.05) is 0 Å². The summed E-state index contributed by atoms with van der Waals surface area (Å²) in [6.07, 6.45) is 0.346. The summed E-state index contributed by atoms with van der Waals surface area (Å²) >= 11 is 0. The molecule has 0 saturated heterocycles. The summed E-state index contributed by atoms with van der Waals surface area (Å²) in [7, 11) is 0. The van der Waals surface area contributed by atoms with Gasteiger partial charge >= 0.3 is 0 Å². The second-order valence-electron chi connectivity index (χ2n) is 3.13. The Hall–Kier alpha value is -1.32. The van der Waals surface area contributed by atoms with Crippen molar-refractivity contribution in [1.82, 2.24) is 0 Å². The molecule has 13 heavy (non-hydrogen) atoms. The number of nitrogens with two attached hydrogens (primary N) is 2. The fourth-order valence-electron chi connectivity index (χ4n) is 1.40. The highest BCUT2D eigenvalue weighted by Crippen LogP contribution is 2.30. The fraction of sp³-hybridized carbons (Fsp3) is 0.200. The lowest BCUT2D eigenvalue weighted by Crippen LogP contribution is -2.37. The number of nitrogen functional groups attached to an aromatic ring is 1. The van der Waals surface area contributed by atoms with Crippen molar-refractivity contribution in [2.45, 2.75) is 12.1 Å². The van der Waals surface area contributed by atoms with Crippen LogP contribution in [0, 0.1) is 0 Å². The molecule has 0 heterocycles. The number of hydrogen-bond acceptors (Lipinski definition) is 3. The van der Waals surface area contributed by atoms with E-state index in [9.17, 15) is 5.11 Å². The van der Waals surface area contributed by atoms with Crippen molar-refractivity contribution >= 4 is 11.8 Å². The van der Waals surface area contributed by atoms with Gasteiger partial charge in [-0.15, -0.1) is 0 Å². The minimum atomic E-state index is -1.81. The Morgan fingerprint density at radius 2 is 2.38 bits per heavy atom. The molecular weight excluding hydrogens is 164 g/mol. The second kappa shape index (κ2) is 2.58. The predicted octanol–water partition coefficient (Wildman–Crippen LogP) is 0.790. The summed E-state index contributed by atoms with van der Waals surface area (Å²) in [6, 6.07) is 4.83. The molecule has 1 aromatic carbocycles. The molecule has 3 heteroatoms. The van der Waals surface area contributed by atoms with E-state index in [1.54, 1.807) is 18.2 Å². The summed E-state index contributed by atoms with van der Waals surface area (Å²) < 4.78 is 15.1. The van der Waals surface area contributed by atoms with Gasteiger partial charge in [-0.2, -0.15) is 0 Å². The summed E-state index contributed by atoms with van der Waals surface area (Å²) in [4.78, 5) is 0. The Kier molecular flexibility index (Phi) is 1.23. The van der Waals surface area contributed by atoms with Gasteiger partial charge in [0, 0.05) is 19.0 Å². The summed E-state index contributed by atoms with van der Waals surface area (Å²) in [5, 5.41) is 9.95. The van der Waals surface area contributed by atoms with Crippen molar-refractivity contribution in [1.29, 1.82) is 0 Å². The zero-order chi connectivity index (χ0) is 11.2. The van der Waals surface area contributed by atoms with Crippen LogP contribution in [0.1, 0.15) is 20.3 Å². The van der Waals surface area contributed by atoms with Crippen molar-refractivity contribution in [3.63, 3.8) is 0 Å². The van der Waals surface area contributed by atoms with Gasteiger partial charge in [-0.3, -0.25) is 5.73 Å². The third-order valence-electron chi connectivity index (χ3n) is 2.05. The molecule has 0 aromatic heterocycles. The fourth-order valence-corrected chi connectivity index (χ4v) is 1.40. The van der Waals surface area contributed by atoms with Crippen molar-refractivity contribution in [2.75, 3.05) is 5.73 Å². The van der Waals surface area contributed by atoms with E-state index in [4.69, 9.17) is 14.2 Å². The third kappa shape index (κ3) is 1.32. The monoisotopic (exact) mass is 178 g/mol. The number of fused-ring (bicyclic) bond motifs is 1. The Bertz CT molecular complexity index is 443. The molecule has 0 spiro atoms. The zero-order valence-electron chi connectivity index (χ0n) is 8.99. The molecule has 0 saturated carbocycles. The van der Waals surface area contributed by atoms with Crippen molar-refractivity contribution in [2.24, 2.45) is 5.73 Å². The quantitative estimate of drug-likeness (QED) is 0.406. The first-order chi connectivity index (χ1) is 6.93. The van der Waals surface area contributed by atoms with Gasteiger partial charge in [0.1, 0.15) is 5.72 Å². The maximum atomic E-state index is 9.95. The maximum absolute atomic E-state index is 9.95. The standard InChI is InChI=1S/C10H12N2O/c11-8-3-4-9-7(6-8)2-1-5-10(9,12)13/h1-4,6,13H,5,11-12H2/i1D,5D. The van der Waals surface area contributed by atoms with Gasteiger partial charge in [0.15, 0.2) is 0 Å². The average molecular weight is 178 g/mol. The molecule has 0 radical (unpaired) electrons. The van der Waals surface area contributed by atoms with Crippen LogP contribution in [0.5, 0.6) is 0 Å². The highest BCUT2D eigenvalue weighted by atomic mass is 16.3. The highest BCUT2D eigenvalue weighted by Gasteiger charge is 2.27. The number of benzene rings is 1. The topological polar surface area (TPSA) is 72.3 Å². The number of rotatable bonds is 0. The van der Waals surface area contributed by atoms with E-state index >= 15 is 0 Å². The van der Waals surface area contributed by atoms with Gasteiger partial charge < -0.3 is 10.8 Å². The van der Waals surface area contributed by atoms with E-state index in [0.29, 0.717) is 16.8 Å². The normalized spacial score (nSPS) is 34.3. The molecule has 1 aliphatic rings.